The molecule has 1 aromatic rings. The molecule has 5 aliphatic rings. The fourth-order valence-electron chi connectivity index (χ4n) is 6.10. The molecule has 8 heteroatoms. The van der Waals surface area contributed by atoms with Crippen LogP contribution in [0.1, 0.15) is 56.9 Å². The molecule has 174 valence electrons. The highest BCUT2D eigenvalue weighted by Crippen LogP contribution is 2.41. The first-order chi connectivity index (χ1) is 15.5. The Morgan fingerprint density at radius 3 is 2.78 bits per heavy atom. The minimum absolute atomic E-state index is 0.0421. The van der Waals surface area contributed by atoms with E-state index in [0.717, 1.165) is 31.2 Å². The van der Waals surface area contributed by atoms with E-state index in [1.807, 2.05) is 17.9 Å². The van der Waals surface area contributed by atoms with Crippen molar-refractivity contribution in [2.45, 2.75) is 75.1 Å². The number of ether oxygens (including phenoxy) is 3. The Labute approximate surface area is 187 Å². The van der Waals surface area contributed by atoms with E-state index in [4.69, 9.17) is 14.2 Å². The van der Waals surface area contributed by atoms with Gasteiger partial charge in [0, 0.05) is 11.6 Å². The van der Waals surface area contributed by atoms with Crippen LogP contribution >= 0.6 is 0 Å². The Morgan fingerprint density at radius 1 is 1.19 bits per heavy atom. The van der Waals surface area contributed by atoms with Gasteiger partial charge in [-0.25, -0.2) is 4.39 Å². The van der Waals surface area contributed by atoms with Crippen LogP contribution in [0.15, 0.2) is 18.2 Å². The van der Waals surface area contributed by atoms with Gasteiger partial charge in [-0.05, 0) is 51.0 Å². The van der Waals surface area contributed by atoms with E-state index in [9.17, 15) is 14.0 Å². The van der Waals surface area contributed by atoms with Gasteiger partial charge >= 0.3 is 0 Å². The van der Waals surface area contributed by atoms with E-state index in [-0.39, 0.29) is 67.1 Å². The summed E-state index contributed by atoms with van der Waals surface area (Å²) in [5.74, 6) is -0.124. The van der Waals surface area contributed by atoms with Gasteiger partial charge in [-0.2, -0.15) is 0 Å². The number of benzene rings is 1. The van der Waals surface area contributed by atoms with Gasteiger partial charge in [-0.1, -0.05) is 12.1 Å². The van der Waals surface area contributed by atoms with E-state index in [2.05, 4.69) is 5.32 Å². The number of nitrogens with one attached hydrogen (secondary N) is 1. The number of hydrogen-bond acceptors (Lipinski definition) is 5. The van der Waals surface area contributed by atoms with E-state index in [0.29, 0.717) is 19.6 Å². The first-order valence-corrected chi connectivity index (χ1v) is 11.7. The van der Waals surface area contributed by atoms with Crippen molar-refractivity contribution in [1.82, 2.24) is 10.2 Å². The Morgan fingerprint density at radius 2 is 2.00 bits per heavy atom. The minimum Gasteiger partial charge on any atom is -0.490 e. The highest BCUT2D eigenvalue weighted by Gasteiger charge is 2.55. The van der Waals surface area contributed by atoms with Gasteiger partial charge in [0.25, 0.3) is 0 Å². The van der Waals surface area contributed by atoms with Gasteiger partial charge in [-0.3, -0.25) is 9.59 Å². The predicted octanol–water partition coefficient (Wildman–Crippen LogP) is 2.53. The molecule has 7 nitrogen and oxygen atoms in total. The molecule has 1 saturated carbocycles. The summed E-state index contributed by atoms with van der Waals surface area (Å²) in [7, 11) is 0. The third kappa shape index (κ3) is 3.88. The maximum atomic E-state index is 14.6. The van der Waals surface area contributed by atoms with Crippen molar-refractivity contribution < 1.29 is 28.2 Å². The largest absolute Gasteiger partial charge is 0.490 e. The lowest BCUT2D eigenvalue weighted by molar-refractivity contribution is -0.144. The lowest BCUT2D eigenvalue weighted by atomic mass is 9.82. The van der Waals surface area contributed by atoms with E-state index in [1.54, 1.807) is 6.07 Å². The third-order valence-electron chi connectivity index (χ3n) is 7.54. The second-order valence-corrected chi connectivity index (χ2v) is 9.63. The molecule has 6 rings (SSSR count). The van der Waals surface area contributed by atoms with Gasteiger partial charge < -0.3 is 24.4 Å². The molecule has 2 amide bonds. The standard InChI is InChI=1S/C24H31FN2O5/c1-15-11-24(14-30-13-21(28)26-24)20-12-32-17-7-5-16(6-8-17)18-3-2-4-19(25)23(18)31-10-9-22(29)27(15)20/h2-4,15-17,20H,5-14H2,1H3,(H,26,28)/t15-,16-,17+,20+,24-/m1/s1. The lowest BCUT2D eigenvalue weighted by Gasteiger charge is -2.42. The molecule has 2 bridgehead atoms. The second-order valence-electron chi connectivity index (χ2n) is 9.63. The second kappa shape index (κ2) is 8.63. The van der Waals surface area contributed by atoms with E-state index < -0.39 is 5.54 Å². The molecule has 32 heavy (non-hydrogen) atoms. The monoisotopic (exact) mass is 446 g/mol. The SMILES string of the molecule is C[C@@H]1C[C@@]2(COCC(=O)N2)[C@@H]2CO[C@H]3CC[C@H](CC3)c3cccc(F)c3OCCC(=O)N12. The number of halogens is 1. The van der Waals surface area contributed by atoms with Crippen molar-refractivity contribution in [3.05, 3.63) is 29.6 Å². The van der Waals surface area contributed by atoms with Crippen molar-refractivity contribution in [2.75, 3.05) is 26.4 Å². The Bertz CT molecular complexity index is 887. The smallest absolute Gasteiger partial charge is 0.246 e. The van der Waals surface area contributed by atoms with Gasteiger partial charge in [-0.15, -0.1) is 0 Å². The maximum Gasteiger partial charge on any atom is 0.246 e. The Hall–Kier alpha value is -2.19. The Balaban J connectivity index is 1.44. The molecule has 1 spiro atoms. The first kappa shape index (κ1) is 21.6. The summed E-state index contributed by atoms with van der Waals surface area (Å²) in [6, 6.07) is 4.69. The topological polar surface area (TPSA) is 77.1 Å². The van der Waals surface area contributed by atoms with Crippen molar-refractivity contribution in [3.63, 3.8) is 0 Å². The summed E-state index contributed by atoms with van der Waals surface area (Å²) in [6.07, 6.45) is 4.37. The third-order valence-corrected chi connectivity index (χ3v) is 7.54. The van der Waals surface area contributed by atoms with Crippen LogP contribution in [-0.2, 0) is 19.1 Å². The number of amides is 2. The van der Waals surface area contributed by atoms with Crippen molar-refractivity contribution in [1.29, 1.82) is 0 Å². The van der Waals surface area contributed by atoms with Gasteiger partial charge in [0.1, 0.15) is 6.61 Å². The van der Waals surface area contributed by atoms with Crippen molar-refractivity contribution in [3.8, 4) is 5.75 Å². The molecule has 1 N–H and O–H groups in total. The molecule has 3 fully saturated rings. The van der Waals surface area contributed by atoms with Gasteiger partial charge in [0.2, 0.25) is 11.8 Å². The number of fused-ring (bicyclic) bond motifs is 6. The summed E-state index contributed by atoms with van der Waals surface area (Å²) in [5, 5.41) is 3.12. The molecule has 4 heterocycles. The van der Waals surface area contributed by atoms with Crippen LogP contribution in [0.25, 0.3) is 0 Å². The molecule has 4 aliphatic heterocycles. The lowest BCUT2D eigenvalue weighted by Crippen LogP contribution is -2.65. The van der Waals surface area contributed by atoms with Crippen LogP contribution in [0.4, 0.5) is 4.39 Å². The fraction of sp³-hybridized carbons (Fsp3) is 0.667. The summed E-state index contributed by atoms with van der Waals surface area (Å²) >= 11 is 0. The van der Waals surface area contributed by atoms with Gasteiger partial charge in [0.15, 0.2) is 11.6 Å². The number of rotatable bonds is 0. The van der Waals surface area contributed by atoms with E-state index in [1.165, 1.54) is 6.07 Å². The summed E-state index contributed by atoms with van der Waals surface area (Å²) < 4.78 is 32.4. The van der Waals surface area contributed by atoms with Crippen LogP contribution < -0.4 is 10.1 Å². The summed E-state index contributed by atoms with van der Waals surface area (Å²) in [5.41, 5.74) is 0.250. The number of hydrogen-bond donors (Lipinski definition) is 1. The van der Waals surface area contributed by atoms with Crippen LogP contribution in [0, 0.1) is 5.82 Å². The zero-order chi connectivity index (χ0) is 22.3. The average Bonchev–Trinajstić information content (AvgIpc) is 3.03. The van der Waals surface area contributed by atoms with Crippen molar-refractivity contribution >= 4 is 11.8 Å². The molecule has 3 atom stereocenters. The first-order valence-electron chi connectivity index (χ1n) is 11.7. The molecule has 0 aromatic heterocycles. The minimum atomic E-state index is -0.641. The summed E-state index contributed by atoms with van der Waals surface area (Å²) in [6.45, 7) is 2.86. The molecule has 2 saturated heterocycles. The fourth-order valence-corrected chi connectivity index (χ4v) is 6.10. The number of para-hydroxylation sites is 1. The normalized spacial score (nSPS) is 35.6. The van der Waals surface area contributed by atoms with Crippen molar-refractivity contribution in [2.24, 2.45) is 0 Å². The van der Waals surface area contributed by atoms with Crippen LogP contribution in [0.3, 0.4) is 0 Å². The number of morpholine rings is 1. The zero-order valence-corrected chi connectivity index (χ0v) is 18.5. The highest BCUT2D eigenvalue weighted by atomic mass is 19.1. The quantitative estimate of drug-likeness (QED) is 0.663. The summed E-state index contributed by atoms with van der Waals surface area (Å²) in [4.78, 5) is 27.3. The zero-order valence-electron chi connectivity index (χ0n) is 18.5. The van der Waals surface area contributed by atoms with Crippen LogP contribution in [0.5, 0.6) is 5.75 Å². The number of carbonyl (C=O) groups excluding carboxylic acids is 2. The predicted molar refractivity (Wildman–Crippen MR) is 114 cm³/mol. The molecule has 0 radical (unpaired) electrons. The number of carbonyl (C=O) groups is 2. The highest BCUT2D eigenvalue weighted by molar-refractivity contribution is 5.81. The molecular formula is C24H31FN2O5. The molecule has 1 aromatic carbocycles. The van der Waals surface area contributed by atoms with E-state index >= 15 is 0 Å². The average molecular weight is 447 g/mol. The number of nitrogens with zero attached hydrogens (tertiary/aromatic N) is 1. The van der Waals surface area contributed by atoms with Crippen LogP contribution in [-0.4, -0.2) is 66.9 Å². The molecule has 1 aliphatic carbocycles. The van der Waals surface area contributed by atoms with Gasteiger partial charge in [0.05, 0.1) is 43.9 Å². The maximum absolute atomic E-state index is 14.6. The molecular weight excluding hydrogens is 415 g/mol. The Kier molecular flexibility index (Phi) is 5.84. The molecule has 0 unspecified atom stereocenters. The van der Waals surface area contributed by atoms with Crippen LogP contribution in [0.2, 0.25) is 0 Å².